The summed E-state index contributed by atoms with van der Waals surface area (Å²) >= 11 is 0. The molecule has 1 rings (SSSR count). The summed E-state index contributed by atoms with van der Waals surface area (Å²) in [5.74, 6) is -0.464. The molecule has 0 unspecified atom stereocenters. The molecular formula is C17H25N3O3. The van der Waals surface area contributed by atoms with Gasteiger partial charge in [0.25, 0.3) is 0 Å². The Kier molecular flexibility index (Phi) is 6.30. The number of carbonyl (C=O) groups excluding carboxylic acids is 3. The normalized spacial score (nSPS) is 10.8. The minimum atomic E-state index is -0.319. The van der Waals surface area contributed by atoms with Gasteiger partial charge in [0.1, 0.15) is 0 Å². The Morgan fingerprint density at radius 3 is 2.13 bits per heavy atom. The predicted octanol–water partition coefficient (Wildman–Crippen LogP) is 1.56. The number of carbonyl (C=O) groups is 3. The Labute approximate surface area is 137 Å². The van der Waals surface area contributed by atoms with Gasteiger partial charge in [-0.2, -0.15) is 0 Å². The lowest BCUT2D eigenvalue weighted by atomic mass is 10.1. The Morgan fingerprint density at radius 1 is 1.09 bits per heavy atom. The summed E-state index contributed by atoms with van der Waals surface area (Å²) in [5.41, 5.74) is 1.19. The zero-order valence-electron chi connectivity index (χ0n) is 14.4. The van der Waals surface area contributed by atoms with Crippen LogP contribution in [0.2, 0.25) is 0 Å². The van der Waals surface area contributed by atoms with Gasteiger partial charge >= 0.3 is 0 Å². The molecule has 23 heavy (non-hydrogen) atoms. The van der Waals surface area contributed by atoms with Crippen molar-refractivity contribution in [1.29, 1.82) is 0 Å². The Bertz CT molecular complexity index is 574. The van der Waals surface area contributed by atoms with Crippen LogP contribution < -0.4 is 10.6 Å². The second kappa shape index (κ2) is 7.76. The van der Waals surface area contributed by atoms with Crippen LogP contribution in [0.15, 0.2) is 24.3 Å². The molecule has 0 aliphatic rings. The molecule has 0 radical (unpaired) electrons. The largest absolute Gasteiger partial charge is 0.350 e. The van der Waals surface area contributed by atoms with E-state index in [0.717, 1.165) is 5.56 Å². The van der Waals surface area contributed by atoms with Crippen LogP contribution in [0.4, 0.5) is 5.69 Å². The molecule has 2 N–H and O–H groups in total. The first-order chi connectivity index (χ1) is 10.6. The number of anilines is 1. The zero-order valence-corrected chi connectivity index (χ0v) is 14.4. The van der Waals surface area contributed by atoms with Crippen molar-refractivity contribution in [2.75, 3.05) is 18.9 Å². The van der Waals surface area contributed by atoms with Crippen LogP contribution in [0.25, 0.3) is 0 Å². The van der Waals surface area contributed by atoms with Gasteiger partial charge in [-0.1, -0.05) is 12.1 Å². The molecule has 0 atom stereocenters. The maximum absolute atomic E-state index is 12.2. The van der Waals surface area contributed by atoms with Crippen molar-refractivity contribution in [3.8, 4) is 0 Å². The number of nitrogens with zero attached hydrogens (tertiary/aromatic N) is 1. The van der Waals surface area contributed by atoms with Crippen molar-refractivity contribution in [2.45, 2.75) is 39.7 Å². The van der Waals surface area contributed by atoms with Crippen molar-refractivity contribution in [3.05, 3.63) is 29.8 Å². The van der Waals surface area contributed by atoms with Crippen molar-refractivity contribution in [2.24, 2.45) is 0 Å². The lowest BCUT2D eigenvalue weighted by Gasteiger charge is -2.23. The van der Waals surface area contributed by atoms with Gasteiger partial charge in [0.15, 0.2) is 0 Å². The minimum Gasteiger partial charge on any atom is -0.350 e. The molecule has 126 valence electrons. The number of rotatable bonds is 5. The van der Waals surface area contributed by atoms with Gasteiger partial charge in [0.05, 0.1) is 13.0 Å². The topological polar surface area (TPSA) is 78.5 Å². The first-order valence-corrected chi connectivity index (χ1v) is 7.48. The number of likely N-dealkylation sites (N-methyl/N-ethyl adjacent to an activating group) is 1. The average Bonchev–Trinajstić information content (AvgIpc) is 2.37. The van der Waals surface area contributed by atoms with E-state index in [0.29, 0.717) is 5.69 Å². The highest BCUT2D eigenvalue weighted by Gasteiger charge is 2.17. The van der Waals surface area contributed by atoms with E-state index in [2.05, 4.69) is 10.6 Å². The van der Waals surface area contributed by atoms with Gasteiger partial charge in [-0.3, -0.25) is 14.4 Å². The molecule has 0 saturated carbocycles. The summed E-state index contributed by atoms with van der Waals surface area (Å²) in [6, 6.07) is 7.06. The third-order valence-electron chi connectivity index (χ3n) is 2.95. The maximum Gasteiger partial charge on any atom is 0.240 e. The van der Waals surface area contributed by atoms with E-state index in [1.165, 1.54) is 11.8 Å². The van der Waals surface area contributed by atoms with E-state index in [4.69, 9.17) is 0 Å². The molecule has 0 aliphatic heterocycles. The molecule has 6 nitrogen and oxygen atoms in total. The summed E-state index contributed by atoms with van der Waals surface area (Å²) in [7, 11) is 1.61. The number of nitrogens with one attached hydrogen (secondary N) is 2. The zero-order chi connectivity index (χ0) is 17.6. The van der Waals surface area contributed by atoms with Crippen LogP contribution in [0.1, 0.15) is 33.3 Å². The van der Waals surface area contributed by atoms with E-state index in [1.807, 2.05) is 20.8 Å². The molecule has 0 spiro atoms. The molecule has 6 heteroatoms. The van der Waals surface area contributed by atoms with Gasteiger partial charge in [-0.05, 0) is 38.5 Å². The summed E-state index contributed by atoms with van der Waals surface area (Å²) in [5, 5.41) is 5.49. The fourth-order valence-electron chi connectivity index (χ4n) is 1.98. The standard InChI is InChI=1S/C17H25N3O3/c1-12(21)18-14-8-6-13(7-9-14)10-16(23)20(5)11-15(22)19-17(2,3)4/h6-9H,10-11H2,1-5H3,(H,18,21)(H,19,22). The quantitative estimate of drug-likeness (QED) is 0.864. The Balaban J connectivity index is 2.54. The van der Waals surface area contributed by atoms with Crippen molar-refractivity contribution in [1.82, 2.24) is 10.2 Å². The highest BCUT2D eigenvalue weighted by atomic mass is 16.2. The van der Waals surface area contributed by atoms with E-state index in [-0.39, 0.29) is 36.2 Å². The van der Waals surface area contributed by atoms with Crippen LogP contribution in [0.5, 0.6) is 0 Å². The van der Waals surface area contributed by atoms with Crippen LogP contribution in [0, 0.1) is 0 Å². The lowest BCUT2D eigenvalue weighted by molar-refractivity contribution is -0.134. The molecule has 1 aromatic rings. The fourth-order valence-corrected chi connectivity index (χ4v) is 1.98. The molecule has 0 aromatic heterocycles. The summed E-state index contributed by atoms with van der Waals surface area (Å²) in [6.45, 7) is 7.14. The van der Waals surface area contributed by atoms with Gasteiger partial charge in [-0.25, -0.2) is 0 Å². The molecule has 0 bridgehead atoms. The SMILES string of the molecule is CC(=O)Nc1ccc(CC(=O)N(C)CC(=O)NC(C)(C)C)cc1. The molecule has 0 aliphatic carbocycles. The van der Waals surface area contributed by atoms with Gasteiger partial charge < -0.3 is 15.5 Å². The Hall–Kier alpha value is -2.37. The van der Waals surface area contributed by atoms with Crippen molar-refractivity contribution in [3.63, 3.8) is 0 Å². The second-order valence-electron chi connectivity index (χ2n) is 6.60. The average molecular weight is 319 g/mol. The molecule has 3 amide bonds. The first-order valence-electron chi connectivity index (χ1n) is 7.48. The highest BCUT2D eigenvalue weighted by molar-refractivity contribution is 5.89. The predicted molar refractivity (Wildman–Crippen MR) is 90.0 cm³/mol. The van der Waals surface area contributed by atoms with Crippen molar-refractivity contribution >= 4 is 23.4 Å². The third-order valence-corrected chi connectivity index (χ3v) is 2.95. The number of hydrogen-bond donors (Lipinski definition) is 2. The molecule has 0 heterocycles. The summed E-state index contributed by atoms with van der Waals surface area (Å²) < 4.78 is 0. The van der Waals surface area contributed by atoms with Gasteiger partial charge in [-0.15, -0.1) is 0 Å². The van der Waals surface area contributed by atoms with E-state index < -0.39 is 0 Å². The smallest absolute Gasteiger partial charge is 0.240 e. The highest BCUT2D eigenvalue weighted by Crippen LogP contribution is 2.10. The summed E-state index contributed by atoms with van der Waals surface area (Å²) in [6.07, 6.45) is 0.208. The molecule has 0 saturated heterocycles. The van der Waals surface area contributed by atoms with E-state index in [1.54, 1.807) is 31.3 Å². The first kappa shape index (κ1) is 18.7. The molecule has 1 aromatic carbocycles. The summed E-state index contributed by atoms with van der Waals surface area (Å²) in [4.78, 5) is 36.3. The van der Waals surface area contributed by atoms with E-state index >= 15 is 0 Å². The number of benzene rings is 1. The lowest BCUT2D eigenvalue weighted by Crippen LogP contribution is -2.46. The van der Waals surface area contributed by atoms with E-state index in [9.17, 15) is 14.4 Å². The number of hydrogen-bond acceptors (Lipinski definition) is 3. The maximum atomic E-state index is 12.2. The third kappa shape index (κ3) is 7.44. The van der Waals surface area contributed by atoms with Crippen LogP contribution in [-0.2, 0) is 20.8 Å². The molecular weight excluding hydrogens is 294 g/mol. The minimum absolute atomic E-state index is 0.0279. The van der Waals surface area contributed by atoms with Gasteiger partial charge in [0, 0.05) is 25.2 Å². The van der Waals surface area contributed by atoms with Crippen molar-refractivity contribution < 1.29 is 14.4 Å². The molecule has 0 fully saturated rings. The monoisotopic (exact) mass is 319 g/mol. The van der Waals surface area contributed by atoms with Crippen LogP contribution in [-0.4, -0.2) is 41.8 Å². The van der Waals surface area contributed by atoms with Gasteiger partial charge in [0.2, 0.25) is 17.7 Å². The van der Waals surface area contributed by atoms with Crippen LogP contribution >= 0.6 is 0 Å². The number of amides is 3. The van der Waals surface area contributed by atoms with Crippen LogP contribution in [0.3, 0.4) is 0 Å². The second-order valence-corrected chi connectivity index (χ2v) is 6.60. The Morgan fingerprint density at radius 2 is 1.65 bits per heavy atom. The fraction of sp³-hybridized carbons (Fsp3) is 0.471.